The maximum atomic E-state index is 11.9. The molecule has 3 N–H and O–H groups in total. The summed E-state index contributed by atoms with van der Waals surface area (Å²) in [5.74, 6) is 0.394. The first-order chi connectivity index (χ1) is 9.21. The number of carbonyl (C=O) groups is 2. The molecule has 0 fully saturated rings. The fourth-order valence-corrected chi connectivity index (χ4v) is 2.03. The number of hydrogen-bond donors (Lipinski definition) is 3. The van der Waals surface area contributed by atoms with Crippen LogP contribution in [-0.4, -0.2) is 37.9 Å². The number of nitrogens with zero attached hydrogens (tertiary/aromatic N) is 2. The number of carbonyl (C=O) groups excluding carboxylic acids is 2. The van der Waals surface area contributed by atoms with Crippen LogP contribution in [0, 0.1) is 0 Å². The maximum Gasteiger partial charge on any atom is 0.321 e. The molecule has 0 spiro atoms. The maximum absolute atomic E-state index is 11.9. The molecule has 0 aromatic carbocycles. The molecule has 0 bridgehead atoms. The highest BCUT2D eigenvalue weighted by atomic mass is 32.2. The number of nitrogens with one attached hydrogen (secondary N) is 3. The molecule has 0 aliphatic heterocycles. The summed E-state index contributed by atoms with van der Waals surface area (Å²) in [5.41, 5.74) is -0.388. The molecule has 112 valence electrons. The molecule has 1 aromatic heterocycles. The second-order valence-corrected chi connectivity index (χ2v) is 6.68. The molecule has 3 amide bonds. The van der Waals surface area contributed by atoms with E-state index in [9.17, 15) is 9.59 Å². The first kappa shape index (κ1) is 16.5. The first-order valence-electron chi connectivity index (χ1n) is 6.42. The van der Waals surface area contributed by atoms with Crippen LogP contribution < -0.4 is 10.6 Å². The molecule has 8 heteroatoms. The topological polar surface area (TPSA) is 99.8 Å². The zero-order valence-corrected chi connectivity index (χ0v) is 13.2. The highest BCUT2D eigenvalue weighted by Crippen LogP contribution is 2.19. The van der Waals surface area contributed by atoms with Crippen LogP contribution in [0.2, 0.25) is 0 Å². The van der Waals surface area contributed by atoms with E-state index in [4.69, 9.17) is 0 Å². The number of rotatable bonds is 4. The second-order valence-electron chi connectivity index (χ2n) is 5.37. The van der Waals surface area contributed by atoms with Crippen LogP contribution in [-0.2, 0) is 11.2 Å². The van der Waals surface area contributed by atoms with Crippen molar-refractivity contribution in [2.75, 3.05) is 0 Å². The molecule has 0 aliphatic carbocycles. The van der Waals surface area contributed by atoms with Gasteiger partial charge in [-0.2, -0.15) is 0 Å². The SMILES string of the molecule is CCc1nc(SC(C)C(=O)NC(=O)NC(C)(C)C)n[nH]1. The summed E-state index contributed by atoms with van der Waals surface area (Å²) in [6.45, 7) is 9.19. The lowest BCUT2D eigenvalue weighted by molar-refractivity contribution is -0.119. The minimum absolute atomic E-state index is 0.375. The summed E-state index contributed by atoms with van der Waals surface area (Å²) in [6.07, 6.45) is 0.752. The third-order valence-corrected chi connectivity index (χ3v) is 3.18. The molecule has 0 saturated heterocycles. The monoisotopic (exact) mass is 299 g/mol. The summed E-state index contributed by atoms with van der Waals surface area (Å²) in [5, 5.41) is 11.8. The minimum atomic E-state index is -0.501. The van der Waals surface area contributed by atoms with Crippen molar-refractivity contribution >= 4 is 23.7 Å². The molecule has 1 unspecified atom stereocenters. The van der Waals surface area contributed by atoms with Crippen molar-refractivity contribution in [3.05, 3.63) is 5.82 Å². The van der Waals surface area contributed by atoms with E-state index in [0.29, 0.717) is 5.16 Å². The van der Waals surface area contributed by atoms with Crippen molar-refractivity contribution in [1.82, 2.24) is 25.8 Å². The van der Waals surface area contributed by atoms with Crippen molar-refractivity contribution in [2.24, 2.45) is 0 Å². The van der Waals surface area contributed by atoms with Gasteiger partial charge in [0.15, 0.2) is 0 Å². The molecule has 0 radical (unpaired) electrons. The number of aromatic nitrogens is 3. The minimum Gasteiger partial charge on any atom is -0.333 e. The number of imide groups is 1. The van der Waals surface area contributed by atoms with Crippen LogP contribution in [0.4, 0.5) is 4.79 Å². The smallest absolute Gasteiger partial charge is 0.321 e. The Bertz CT molecular complexity index is 480. The Morgan fingerprint density at radius 3 is 2.55 bits per heavy atom. The standard InChI is InChI=1S/C12H21N5O2S/c1-6-8-13-11(17-16-8)20-7(2)9(18)14-10(19)15-12(3,4)5/h7H,6H2,1-5H3,(H,13,16,17)(H2,14,15,18,19). The van der Waals surface area contributed by atoms with Crippen LogP contribution in [0.5, 0.6) is 0 Å². The van der Waals surface area contributed by atoms with Gasteiger partial charge in [0.2, 0.25) is 11.1 Å². The average molecular weight is 299 g/mol. The van der Waals surface area contributed by atoms with Gasteiger partial charge in [-0.3, -0.25) is 15.2 Å². The third-order valence-electron chi connectivity index (χ3n) is 2.22. The van der Waals surface area contributed by atoms with Gasteiger partial charge < -0.3 is 5.32 Å². The summed E-state index contributed by atoms with van der Waals surface area (Å²) in [4.78, 5) is 27.7. The van der Waals surface area contributed by atoms with Crippen LogP contribution in [0.25, 0.3) is 0 Å². The number of thioether (sulfide) groups is 1. The Labute approximate surface area is 122 Å². The van der Waals surface area contributed by atoms with E-state index in [1.54, 1.807) is 6.92 Å². The normalized spacial score (nSPS) is 12.8. The summed E-state index contributed by atoms with van der Waals surface area (Å²) in [7, 11) is 0. The zero-order valence-electron chi connectivity index (χ0n) is 12.4. The van der Waals surface area contributed by atoms with E-state index in [0.717, 1.165) is 12.2 Å². The van der Waals surface area contributed by atoms with E-state index in [1.807, 2.05) is 27.7 Å². The van der Waals surface area contributed by atoms with Crippen LogP contribution in [0.15, 0.2) is 5.16 Å². The molecular weight excluding hydrogens is 278 g/mol. The van der Waals surface area contributed by atoms with Crippen LogP contribution >= 0.6 is 11.8 Å². The van der Waals surface area contributed by atoms with E-state index < -0.39 is 11.3 Å². The van der Waals surface area contributed by atoms with Gasteiger partial charge in [0.05, 0.1) is 5.25 Å². The molecular formula is C12H21N5O2S. The molecule has 0 aliphatic rings. The molecule has 7 nitrogen and oxygen atoms in total. The number of aromatic amines is 1. The zero-order chi connectivity index (χ0) is 15.3. The van der Waals surface area contributed by atoms with Gasteiger partial charge in [0, 0.05) is 12.0 Å². The first-order valence-corrected chi connectivity index (χ1v) is 7.30. The van der Waals surface area contributed by atoms with Gasteiger partial charge in [0.25, 0.3) is 0 Å². The highest BCUT2D eigenvalue weighted by molar-refractivity contribution is 8.00. The van der Waals surface area contributed by atoms with Crippen LogP contribution in [0.3, 0.4) is 0 Å². The molecule has 1 aromatic rings. The van der Waals surface area contributed by atoms with E-state index in [2.05, 4.69) is 25.8 Å². The number of aryl methyl sites for hydroxylation is 1. The largest absolute Gasteiger partial charge is 0.333 e. The van der Waals surface area contributed by atoms with Gasteiger partial charge in [-0.15, -0.1) is 5.10 Å². The van der Waals surface area contributed by atoms with Crippen molar-refractivity contribution < 1.29 is 9.59 Å². The summed E-state index contributed by atoms with van der Waals surface area (Å²) < 4.78 is 0. The summed E-state index contributed by atoms with van der Waals surface area (Å²) in [6, 6.07) is -0.501. The van der Waals surface area contributed by atoms with Crippen molar-refractivity contribution in [1.29, 1.82) is 0 Å². The van der Waals surface area contributed by atoms with E-state index >= 15 is 0 Å². The lowest BCUT2D eigenvalue weighted by atomic mass is 10.1. The van der Waals surface area contributed by atoms with Crippen molar-refractivity contribution in [2.45, 2.75) is 57.0 Å². The van der Waals surface area contributed by atoms with Gasteiger partial charge in [-0.05, 0) is 27.7 Å². The van der Waals surface area contributed by atoms with Crippen molar-refractivity contribution in [3.63, 3.8) is 0 Å². The van der Waals surface area contributed by atoms with E-state index in [1.165, 1.54) is 11.8 Å². The van der Waals surface area contributed by atoms with Gasteiger partial charge >= 0.3 is 6.03 Å². The number of amides is 3. The number of H-pyrrole nitrogens is 1. The number of urea groups is 1. The molecule has 1 atom stereocenters. The van der Waals surface area contributed by atoms with Gasteiger partial charge in [-0.1, -0.05) is 18.7 Å². The van der Waals surface area contributed by atoms with E-state index in [-0.39, 0.29) is 11.4 Å². The predicted octanol–water partition coefficient (Wildman–Crippen LogP) is 1.47. The van der Waals surface area contributed by atoms with Crippen molar-refractivity contribution in [3.8, 4) is 0 Å². The Morgan fingerprint density at radius 2 is 2.05 bits per heavy atom. The number of hydrogen-bond acceptors (Lipinski definition) is 5. The van der Waals surface area contributed by atoms with Crippen LogP contribution in [0.1, 0.15) is 40.4 Å². The van der Waals surface area contributed by atoms with Gasteiger partial charge in [0.1, 0.15) is 5.82 Å². The summed E-state index contributed by atoms with van der Waals surface area (Å²) >= 11 is 1.20. The Morgan fingerprint density at radius 1 is 1.40 bits per heavy atom. The third kappa shape index (κ3) is 5.60. The Kier molecular flexibility index (Phi) is 5.55. The van der Waals surface area contributed by atoms with Gasteiger partial charge in [-0.25, -0.2) is 9.78 Å². The fraction of sp³-hybridized carbons (Fsp3) is 0.667. The quantitative estimate of drug-likeness (QED) is 0.731. The second kappa shape index (κ2) is 6.74. The fourth-order valence-electron chi connectivity index (χ4n) is 1.29. The Hall–Kier alpha value is -1.57. The lowest BCUT2D eigenvalue weighted by Crippen LogP contribution is -2.49. The lowest BCUT2D eigenvalue weighted by Gasteiger charge is -2.20. The average Bonchev–Trinajstić information content (AvgIpc) is 2.73. The molecule has 0 saturated carbocycles. The molecule has 20 heavy (non-hydrogen) atoms. The molecule has 1 heterocycles. The predicted molar refractivity (Wildman–Crippen MR) is 77.5 cm³/mol. The Balaban J connectivity index is 2.48. The highest BCUT2D eigenvalue weighted by Gasteiger charge is 2.21. The molecule has 1 rings (SSSR count).